The molecule has 0 aliphatic rings. The minimum atomic E-state index is -0.375. The number of carbonyl (C=O) groups excluding carboxylic acids is 2. The lowest BCUT2D eigenvalue weighted by atomic mass is 10.2. The van der Waals surface area contributed by atoms with Crippen LogP contribution in [0.2, 0.25) is 0 Å². The summed E-state index contributed by atoms with van der Waals surface area (Å²) >= 11 is 0. The molecule has 0 spiro atoms. The van der Waals surface area contributed by atoms with E-state index in [2.05, 4.69) is 17.2 Å². The number of amides is 2. The van der Waals surface area contributed by atoms with Gasteiger partial charge in [-0.05, 0) is 39.2 Å². The van der Waals surface area contributed by atoms with Gasteiger partial charge in [-0.1, -0.05) is 6.58 Å². The van der Waals surface area contributed by atoms with E-state index < -0.39 is 0 Å². The highest BCUT2D eigenvalue weighted by Gasteiger charge is 2.02. The van der Waals surface area contributed by atoms with Gasteiger partial charge in [-0.25, -0.2) is 4.79 Å². The Balaban J connectivity index is 3.26. The first kappa shape index (κ1) is 15.5. The molecular weight excluding hydrogens is 220 g/mol. The fourth-order valence-corrected chi connectivity index (χ4v) is 1.16. The van der Waals surface area contributed by atoms with Crippen LogP contribution in [0.1, 0.15) is 33.1 Å². The molecule has 0 aromatic heterocycles. The van der Waals surface area contributed by atoms with Gasteiger partial charge >= 0.3 is 6.09 Å². The Bertz CT molecular complexity index is 252. The fraction of sp³-hybridized carbons (Fsp3) is 0.667. The van der Waals surface area contributed by atoms with Crippen LogP contribution in [0.25, 0.3) is 0 Å². The zero-order chi connectivity index (χ0) is 13.1. The van der Waals surface area contributed by atoms with Gasteiger partial charge in [-0.3, -0.25) is 4.79 Å². The van der Waals surface area contributed by atoms with E-state index in [0.29, 0.717) is 13.1 Å². The van der Waals surface area contributed by atoms with Crippen molar-refractivity contribution < 1.29 is 14.3 Å². The Labute approximate surface area is 103 Å². The van der Waals surface area contributed by atoms with Crippen molar-refractivity contribution in [2.75, 3.05) is 13.1 Å². The molecule has 0 aliphatic carbocycles. The SMILES string of the molecule is C=CC(=O)NCCCCCNC(=O)OC(C)C. The monoisotopic (exact) mass is 242 g/mol. The number of ether oxygens (including phenoxy) is 1. The number of alkyl carbamates (subject to hydrolysis) is 1. The van der Waals surface area contributed by atoms with Crippen LogP contribution in [0.5, 0.6) is 0 Å². The average molecular weight is 242 g/mol. The van der Waals surface area contributed by atoms with Crippen LogP contribution in [0, 0.1) is 0 Å². The van der Waals surface area contributed by atoms with Crippen molar-refractivity contribution in [3.8, 4) is 0 Å². The zero-order valence-electron chi connectivity index (χ0n) is 10.6. The molecular formula is C12H22N2O3. The van der Waals surface area contributed by atoms with Crippen molar-refractivity contribution >= 4 is 12.0 Å². The van der Waals surface area contributed by atoms with Crippen LogP contribution in [0.3, 0.4) is 0 Å². The smallest absolute Gasteiger partial charge is 0.407 e. The van der Waals surface area contributed by atoms with Gasteiger partial charge in [0.1, 0.15) is 0 Å². The van der Waals surface area contributed by atoms with E-state index in [-0.39, 0.29) is 18.1 Å². The fourth-order valence-electron chi connectivity index (χ4n) is 1.16. The summed E-state index contributed by atoms with van der Waals surface area (Å²) in [5.74, 6) is -0.149. The Morgan fingerprint density at radius 1 is 1.18 bits per heavy atom. The summed E-state index contributed by atoms with van der Waals surface area (Å²) in [6.07, 6.45) is 3.49. The van der Waals surface area contributed by atoms with Crippen molar-refractivity contribution in [2.45, 2.75) is 39.2 Å². The second kappa shape index (κ2) is 9.69. The van der Waals surface area contributed by atoms with Gasteiger partial charge in [0.15, 0.2) is 0 Å². The minimum absolute atomic E-state index is 0.0934. The van der Waals surface area contributed by atoms with Crippen LogP contribution in [-0.4, -0.2) is 31.2 Å². The first-order valence-corrected chi connectivity index (χ1v) is 5.91. The molecule has 0 unspecified atom stereocenters. The topological polar surface area (TPSA) is 67.4 Å². The first-order valence-electron chi connectivity index (χ1n) is 5.91. The Morgan fingerprint density at radius 2 is 1.76 bits per heavy atom. The van der Waals surface area contributed by atoms with Gasteiger partial charge in [0.25, 0.3) is 0 Å². The maximum absolute atomic E-state index is 11.1. The summed E-state index contributed by atoms with van der Waals surface area (Å²) in [4.78, 5) is 21.9. The van der Waals surface area contributed by atoms with Gasteiger partial charge in [0, 0.05) is 13.1 Å². The molecule has 0 heterocycles. The minimum Gasteiger partial charge on any atom is -0.447 e. The molecule has 0 radical (unpaired) electrons. The standard InChI is InChI=1S/C12H22N2O3/c1-4-11(15)13-8-6-5-7-9-14-12(16)17-10(2)3/h4,10H,1,5-9H2,2-3H3,(H,13,15)(H,14,16). The molecule has 0 rings (SSSR count). The van der Waals surface area contributed by atoms with Crippen LogP contribution in [0.4, 0.5) is 4.79 Å². The second-order valence-electron chi connectivity index (χ2n) is 3.94. The van der Waals surface area contributed by atoms with Gasteiger partial charge in [0.05, 0.1) is 6.10 Å². The molecule has 0 atom stereocenters. The summed E-state index contributed by atoms with van der Waals surface area (Å²) in [5.41, 5.74) is 0. The Kier molecular flexibility index (Phi) is 8.82. The van der Waals surface area contributed by atoms with E-state index in [1.165, 1.54) is 6.08 Å². The van der Waals surface area contributed by atoms with Crippen molar-refractivity contribution in [3.05, 3.63) is 12.7 Å². The molecule has 0 fully saturated rings. The molecule has 0 saturated carbocycles. The van der Waals surface area contributed by atoms with E-state index in [4.69, 9.17) is 4.74 Å². The molecule has 17 heavy (non-hydrogen) atoms. The largest absolute Gasteiger partial charge is 0.447 e. The van der Waals surface area contributed by atoms with Gasteiger partial charge in [-0.2, -0.15) is 0 Å². The summed E-state index contributed by atoms with van der Waals surface area (Å²) in [7, 11) is 0. The number of rotatable bonds is 8. The predicted molar refractivity (Wildman–Crippen MR) is 66.7 cm³/mol. The maximum atomic E-state index is 11.1. The lowest BCUT2D eigenvalue weighted by Crippen LogP contribution is -2.27. The number of nitrogens with one attached hydrogen (secondary N) is 2. The lowest BCUT2D eigenvalue weighted by Gasteiger charge is -2.09. The highest BCUT2D eigenvalue weighted by Crippen LogP contribution is 1.94. The molecule has 0 saturated heterocycles. The molecule has 0 aromatic carbocycles. The van der Waals surface area contributed by atoms with Crippen LogP contribution < -0.4 is 10.6 Å². The van der Waals surface area contributed by atoms with Crippen molar-refractivity contribution in [3.63, 3.8) is 0 Å². The second-order valence-corrected chi connectivity index (χ2v) is 3.94. The third-order valence-corrected chi connectivity index (χ3v) is 1.95. The Morgan fingerprint density at radius 3 is 2.29 bits per heavy atom. The van der Waals surface area contributed by atoms with Gasteiger partial charge < -0.3 is 15.4 Å². The van der Waals surface area contributed by atoms with E-state index >= 15 is 0 Å². The van der Waals surface area contributed by atoms with Crippen LogP contribution >= 0.6 is 0 Å². The van der Waals surface area contributed by atoms with Crippen LogP contribution in [0.15, 0.2) is 12.7 Å². The van der Waals surface area contributed by atoms with Crippen molar-refractivity contribution in [1.82, 2.24) is 10.6 Å². The maximum Gasteiger partial charge on any atom is 0.407 e. The van der Waals surface area contributed by atoms with E-state index in [1.54, 1.807) is 0 Å². The van der Waals surface area contributed by atoms with Gasteiger partial charge in [-0.15, -0.1) is 0 Å². The van der Waals surface area contributed by atoms with Gasteiger partial charge in [0.2, 0.25) is 5.91 Å². The summed E-state index contributed by atoms with van der Waals surface area (Å²) in [6.45, 7) is 8.21. The molecule has 0 aromatic rings. The molecule has 98 valence electrons. The summed E-state index contributed by atoms with van der Waals surface area (Å²) in [6, 6.07) is 0. The zero-order valence-corrected chi connectivity index (χ0v) is 10.6. The molecule has 2 N–H and O–H groups in total. The summed E-state index contributed by atoms with van der Waals surface area (Å²) in [5, 5.41) is 5.35. The molecule has 0 aliphatic heterocycles. The predicted octanol–water partition coefficient (Wildman–Crippen LogP) is 1.59. The molecule has 2 amide bonds. The molecule has 0 bridgehead atoms. The first-order chi connectivity index (χ1) is 8.06. The molecule has 5 nitrogen and oxygen atoms in total. The number of unbranched alkanes of at least 4 members (excludes halogenated alkanes) is 2. The number of carbonyl (C=O) groups is 2. The Hall–Kier alpha value is -1.52. The normalized spacial score (nSPS) is 9.82. The van der Waals surface area contributed by atoms with Crippen LogP contribution in [-0.2, 0) is 9.53 Å². The lowest BCUT2D eigenvalue weighted by molar-refractivity contribution is -0.116. The number of hydrogen-bond donors (Lipinski definition) is 2. The number of hydrogen-bond acceptors (Lipinski definition) is 3. The third kappa shape index (κ3) is 10.8. The summed E-state index contributed by atoms with van der Waals surface area (Å²) < 4.78 is 4.91. The van der Waals surface area contributed by atoms with E-state index in [1.807, 2.05) is 13.8 Å². The third-order valence-electron chi connectivity index (χ3n) is 1.95. The average Bonchev–Trinajstić information content (AvgIpc) is 2.26. The quantitative estimate of drug-likeness (QED) is 0.502. The van der Waals surface area contributed by atoms with Crippen molar-refractivity contribution in [1.29, 1.82) is 0 Å². The van der Waals surface area contributed by atoms with Crippen molar-refractivity contribution in [2.24, 2.45) is 0 Å². The van der Waals surface area contributed by atoms with E-state index in [0.717, 1.165) is 19.3 Å². The highest BCUT2D eigenvalue weighted by atomic mass is 16.6. The van der Waals surface area contributed by atoms with E-state index in [9.17, 15) is 9.59 Å². The highest BCUT2D eigenvalue weighted by molar-refractivity contribution is 5.86. The molecule has 5 heteroatoms.